The average molecular weight is 276 g/mol. The number of rotatable bonds is 2. The van der Waals surface area contributed by atoms with E-state index in [0.29, 0.717) is 11.3 Å². The number of ether oxygens (including phenoxy) is 1. The van der Waals surface area contributed by atoms with E-state index in [1.54, 1.807) is 12.1 Å². The monoisotopic (exact) mass is 275 g/mol. The van der Waals surface area contributed by atoms with Crippen LogP contribution < -0.4 is 10.5 Å². The number of hydrogen-bond acceptors (Lipinski definition) is 6. The predicted molar refractivity (Wildman–Crippen MR) is 70.0 cm³/mol. The van der Waals surface area contributed by atoms with Gasteiger partial charge in [-0.05, 0) is 48.7 Å². The highest BCUT2D eigenvalue weighted by molar-refractivity contribution is 6.28. The first-order valence-electron chi connectivity index (χ1n) is 5.36. The van der Waals surface area contributed by atoms with Crippen LogP contribution in [0.1, 0.15) is 16.7 Å². The van der Waals surface area contributed by atoms with Crippen molar-refractivity contribution in [2.24, 2.45) is 0 Å². The van der Waals surface area contributed by atoms with E-state index < -0.39 is 0 Å². The average Bonchev–Trinajstić information content (AvgIpc) is 2.32. The van der Waals surface area contributed by atoms with Gasteiger partial charge in [-0.15, -0.1) is 0 Å². The molecule has 0 fully saturated rings. The first kappa shape index (κ1) is 13.1. The third-order valence-corrected chi connectivity index (χ3v) is 2.56. The van der Waals surface area contributed by atoms with Gasteiger partial charge in [0.25, 0.3) is 0 Å². The maximum absolute atomic E-state index is 8.88. The van der Waals surface area contributed by atoms with E-state index >= 15 is 0 Å². The van der Waals surface area contributed by atoms with Gasteiger partial charge < -0.3 is 10.5 Å². The largest absolute Gasteiger partial charge is 0.424 e. The number of halogens is 1. The van der Waals surface area contributed by atoms with Gasteiger partial charge in [0.1, 0.15) is 5.75 Å². The molecule has 0 unspecified atom stereocenters. The summed E-state index contributed by atoms with van der Waals surface area (Å²) < 4.78 is 5.56. The van der Waals surface area contributed by atoms with Crippen LogP contribution in [-0.4, -0.2) is 15.0 Å². The molecule has 0 aliphatic carbocycles. The minimum Gasteiger partial charge on any atom is -0.424 e. The zero-order valence-electron chi connectivity index (χ0n) is 10.3. The van der Waals surface area contributed by atoms with Crippen molar-refractivity contribution in [3.05, 3.63) is 34.1 Å². The fourth-order valence-electron chi connectivity index (χ4n) is 1.66. The molecule has 1 aromatic heterocycles. The molecule has 2 aromatic rings. The van der Waals surface area contributed by atoms with Crippen LogP contribution in [0.15, 0.2) is 12.1 Å². The summed E-state index contributed by atoms with van der Waals surface area (Å²) in [7, 11) is 0. The number of anilines is 1. The van der Waals surface area contributed by atoms with Crippen molar-refractivity contribution < 1.29 is 4.74 Å². The zero-order chi connectivity index (χ0) is 14.0. The fraction of sp³-hybridized carbons (Fsp3) is 0.167. The van der Waals surface area contributed by atoms with Gasteiger partial charge in [0.2, 0.25) is 11.2 Å². The lowest BCUT2D eigenvalue weighted by Crippen LogP contribution is -2.02. The molecular weight excluding hydrogens is 266 g/mol. The van der Waals surface area contributed by atoms with Crippen molar-refractivity contribution in [1.82, 2.24) is 15.0 Å². The van der Waals surface area contributed by atoms with E-state index in [2.05, 4.69) is 21.0 Å². The van der Waals surface area contributed by atoms with Gasteiger partial charge in [0, 0.05) is 0 Å². The normalized spacial score (nSPS) is 10.0. The third-order valence-electron chi connectivity index (χ3n) is 2.39. The van der Waals surface area contributed by atoms with Crippen LogP contribution in [0.3, 0.4) is 0 Å². The Morgan fingerprint density at radius 1 is 1.21 bits per heavy atom. The summed E-state index contributed by atoms with van der Waals surface area (Å²) >= 11 is 5.68. The van der Waals surface area contributed by atoms with Crippen molar-refractivity contribution in [2.75, 3.05) is 5.73 Å². The Morgan fingerprint density at radius 2 is 1.84 bits per heavy atom. The molecule has 19 heavy (non-hydrogen) atoms. The molecule has 2 N–H and O–H groups in total. The highest BCUT2D eigenvalue weighted by Crippen LogP contribution is 2.28. The van der Waals surface area contributed by atoms with Crippen LogP contribution in [0.5, 0.6) is 11.8 Å². The summed E-state index contributed by atoms with van der Waals surface area (Å²) in [5, 5.41) is 8.85. The number of aryl methyl sites for hydroxylation is 2. The summed E-state index contributed by atoms with van der Waals surface area (Å²) in [6.45, 7) is 3.66. The lowest BCUT2D eigenvalue weighted by Gasteiger charge is -2.10. The molecular formula is C12H10ClN5O. The Balaban J connectivity index is 2.41. The molecule has 0 saturated heterocycles. The Hall–Kier alpha value is -2.39. The van der Waals surface area contributed by atoms with Crippen LogP contribution in [0.2, 0.25) is 5.28 Å². The zero-order valence-corrected chi connectivity index (χ0v) is 11.1. The molecule has 1 aromatic carbocycles. The molecule has 0 radical (unpaired) electrons. The fourth-order valence-corrected chi connectivity index (χ4v) is 1.82. The van der Waals surface area contributed by atoms with Crippen LogP contribution >= 0.6 is 11.6 Å². The van der Waals surface area contributed by atoms with Crippen LogP contribution in [0, 0.1) is 25.2 Å². The van der Waals surface area contributed by atoms with Gasteiger partial charge in [-0.25, -0.2) is 0 Å². The standard InChI is InChI=1S/C12H10ClN5O/c1-6-3-8(5-14)4-7(2)9(6)19-12-17-10(13)16-11(15)18-12/h3-4H,1-2H3,(H2,15,16,17,18). The summed E-state index contributed by atoms with van der Waals surface area (Å²) in [5.74, 6) is 0.555. The van der Waals surface area contributed by atoms with Crippen molar-refractivity contribution in [2.45, 2.75) is 13.8 Å². The molecule has 0 aliphatic rings. The number of nitrogens with zero attached hydrogens (tertiary/aromatic N) is 4. The van der Waals surface area contributed by atoms with Gasteiger partial charge in [-0.2, -0.15) is 20.2 Å². The number of nitriles is 1. The van der Waals surface area contributed by atoms with E-state index in [0.717, 1.165) is 11.1 Å². The Labute approximate surface area is 114 Å². The van der Waals surface area contributed by atoms with E-state index in [1.807, 2.05) is 13.8 Å². The number of nitrogen functional groups attached to an aromatic ring is 1. The van der Waals surface area contributed by atoms with Gasteiger partial charge in [-0.1, -0.05) is 0 Å². The quantitative estimate of drug-likeness (QED) is 0.903. The number of aromatic nitrogens is 3. The molecule has 7 heteroatoms. The Kier molecular flexibility index (Phi) is 3.49. The van der Waals surface area contributed by atoms with Crippen LogP contribution in [0.25, 0.3) is 0 Å². The summed E-state index contributed by atoms with van der Waals surface area (Å²) in [6.07, 6.45) is 0. The summed E-state index contributed by atoms with van der Waals surface area (Å²) in [6, 6.07) is 5.54. The Morgan fingerprint density at radius 3 is 2.37 bits per heavy atom. The lowest BCUT2D eigenvalue weighted by molar-refractivity contribution is 0.434. The van der Waals surface area contributed by atoms with Crippen molar-refractivity contribution in [3.63, 3.8) is 0 Å². The minimum atomic E-state index is -0.0357. The third kappa shape index (κ3) is 2.89. The van der Waals surface area contributed by atoms with Crippen molar-refractivity contribution >= 4 is 17.5 Å². The SMILES string of the molecule is Cc1cc(C#N)cc(C)c1Oc1nc(N)nc(Cl)n1. The molecule has 6 nitrogen and oxygen atoms in total. The Bertz CT molecular complexity index is 637. The highest BCUT2D eigenvalue weighted by Gasteiger charge is 2.11. The maximum atomic E-state index is 8.88. The number of nitrogens with two attached hydrogens (primary N) is 1. The molecule has 0 aliphatic heterocycles. The molecule has 0 amide bonds. The maximum Gasteiger partial charge on any atom is 0.328 e. The number of benzene rings is 1. The second-order valence-corrected chi connectivity index (χ2v) is 4.24. The van der Waals surface area contributed by atoms with Gasteiger partial charge in [0.05, 0.1) is 11.6 Å². The first-order valence-corrected chi connectivity index (χ1v) is 5.73. The van der Waals surface area contributed by atoms with Crippen LogP contribution in [-0.2, 0) is 0 Å². The van der Waals surface area contributed by atoms with E-state index in [9.17, 15) is 0 Å². The summed E-state index contributed by atoms with van der Waals surface area (Å²) in [4.78, 5) is 11.3. The van der Waals surface area contributed by atoms with Gasteiger partial charge in [-0.3, -0.25) is 0 Å². The predicted octanol–water partition coefficient (Wildman–Crippen LogP) is 2.39. The van der Waals surface area contributed by atoms with E-state index in [-0.39, 0.29) is 17.2 Å². The molecule has 0 bridgehead atoms. The molecule has 2 rings (SSSR count). The van der Waals surface area contributed by atoms with Crippen molar-refractivity contribution in [1.29, 1.82) is 5.26 Å². The lowest BCUT2D eigenvalue weighted by atomic mass is 10.1. The van der Waals surface area contributed by atoms with Gasteiger partial charge in [0.15, 0.2) is 0 Å². The highest BCUT2D eigenvalue weighted by atomic mass is 35.5. The van der Waals surface area contributed by atoms with Crippen molar-refractivity contribution in [3.8, 4) is 17.8 Å². The molecule has 1 heterocycles. The minimum absolute atomic E-state index is 0.0149. The van der Waals surface area contributed by atoms with Crippen LogP contribution in [0.4, 0.5) is 5.95 Å². The topological polar surface area (TPSA) is 97.7 Å². The van der Waals surface area contributed by atoms with Gasteiger partial charge >= 0.3 is 6.01 Å². The smallest absolute Gasteiger partial charge is 0.328 e. The molecule has 96 valence electrons. The molecule has 0 atom stereocenters. The second-order valence-electron chi connectivity index (χ2n) is 3.90. The first-order chi connectivity index (χ1) is 8.99. The van der Waals surface area contributed by atoms with E-state index in [1.165, 1.54) is 0 Å². The summed E-state index contributed by atoms with van der Waals surface area (Å²) in [5.41, 5.74) is 7.63. The van der Waals surface area contributed by atoms with E-state index in [4.69, 9.17) is 27.3 Å². The molecule has 0 spiro atoms. The molecule has 0 saturated carbocycles. The second kappa shape index (κ2) is 5.08. The number of hydrogen-bond donors (Lipinski definition) is 1.